The molecule has 0 fully saturated rings. The lowest BCUT2D eigenvalue weighted by Gasteiger charge is -2.20. The standard InChI is InChI=1S/C14H19FO4S/c1-4-20(18,19)8-7-10-5-6-11(9-12(10)15)14(2,3)13(16)17/h5-6,9H,4,7-8H2,1-3H3,(H,16,17). The number of hydrogen-bond donors (Lipinski definition) is 1. The number of halogens is 1. The molecule has 0 heterocycles. The Balaban J connectivity index is 2.98. The Morgan fingerprint density at radius 3 is 2.40 bits per heavy atom. The van der Waals surface area contributed by atoms with Crippen LogP contribution in [0.2, 0.25) is 0 Å². The van der Waals surface area contributed by atoms with Crippen molar-refractivity contribution in [1.29, 1.82) is 0 Å². The van der Waals surface area contributed by atoms with E-state index < -0.39 is 27.0 Å². The highest BCUT2D eigenvalue weighted by Gasteiger charge is 2.30. The molecule has 0 aliphatic rings. The van der Waals surface area contributed by atoms with Gasteiger partial charge in [0.05, 0.1) is 11.2 Å². The highest BCUT2D eigenvalue weighted by molar-refractivity contribution is 7.91. The molecule has 0 bridgehead atoms. The number of benzene rings is 1. The molecule has 1 rings (SSSR count). The molecule has 0 aromatic heterocycles. The van der Waals surface area contributed by atoms with Crippen molar-refractivity contribution in [2.45, 2.75) is 32.6 Å². The first-order valence-electron chi connectivity index (χ1n) is 6.33. The molecule has 4 nitrogen and oxygen atoms in total. The predicted octanol–water partition coefficient (Wildman–Crippen LogP) is 2.17. The average molecular weight is 302 g/mol. The number of aliphatic carboxylic acids is 1. The van der Waals surface area contributed by atoms with Gasteiger partial charge >= 0.3 is 5.97 Å². The number of sulfone groups is 1. The fourth-order valence-electron chi connectivity index (χ4n) is 1.67. The number of aryl methyl sites for hydroxylation is 1. The Labute approximate surface area is 118 Å². The molecule has 0 aliphatic carbocycles. The van der Waals surface area contributed by atoms with Crippen molar-refractivity contribution in [3.8, 4) is 0 Å². The highest BCUT2D eigenvalue weighted by Crippen LogP contribution is 2.25. The second kappa shape index (κ2) is 5.91. The molecule has 0 atom stereocenters. The molecule has 0 saturated heterocycles. The van der Waals surface area contributed by atoms with Crippen LogP contribution in [0.3, 0.4) is 0 Å². The van der Waals surface area contributed by atoms with Gasteiger partial charge in [-0.3, -0.25) is 4.79 Å². The van der Waals surface area contributed by atoms with Gasteiger partial charge in [0.1, 0.15) is 15.7 Å². The predicted molar refractivity (Wildman–Crippen MR) is 75.1 cm³/mol. The topological polar surface area (TPSA) is 71.4 Å². The van der Waals surface area contributed by atoms with Crippen molar-refractivity contribution in [3.63, 3.8) is 0 Å². The maximum absolute atomic E-state index is 13.9. The van der Waals surface area contributed by atoms with E-state index in [0.29, 0.717) is 5.56 Å². The molecule has 0 aliphatic heterocycles. The third-order valence-corrected chi connectivity index (χ3v) is 5.14. The van der Waals surface area contributed by atoms with E-state index in [9.17, 15) is 17.6 Å². The number of carboxylic acid groups (broad SMARTS) is 1. The monoisotopic (exact) mass is 302 g/mol. The normalized spacial score (nSPS) is 12.4. The first kappa shape index (κ1) is 16.6. The first-order chi connectivity index (χ1) is 9.10. The summed E-state index contributed by atoms with van der Waals surface area (Å²) in [7, 11) is -3.15. The molecular weight excluding hydrogens is 283 g/mol. The maximum atomic E-state index is 13.9. The molecule has 0 amide bonds. The number of carbonyl (C=O) groups is 1. The third-order valence-electron chi connectivity index (χ3n) is 3.43. The summed E-state index contributed by atoms with van der Waals surface area (Å²) in [4.78, 5) is 11.1. The summed E-state index contributed by atoms with van der Waals surface area (Å²) < 4.78 is 36.7. The van der Waals surface area contributed by atoms with Gasteiger partial charge in [0, 0.05) is 5.75 Å². The van der Waals surface area contributed by atoms with Crippen LogP contribution in [0.15, 0.2) is 18.2 Å². The summed E-state index contributed by atoms with van der Waals surface area (Å²) in [6, 6.07) is 4.16. The number of carboxylic acids is 1. The van der Waals surface area contributed by atoms with Gasteiger partial charge in [-0.05, 0) is 37.5 Å². The Kier molecular flexibility index (Phi) is 4.91. The van der Waals surface area contributed by atoms with E-state index in [2.05, 4.69) is 0 Å². The van der Waals surface area contributed by atoms with Crippen LogP contribution in [0.5, 0.6) is 0 Å². The molecule has 1 aromatic carbocycles. The molecule has 112 valence electrons. The van der Waals surface area contributed by atoms with Crippen molar-refractivity contribution in [2.75, 3.05) is 11.5 Å². The van der Waals surface area contributed by atoms with Crippen LogP contribution in [0.1, 0.15) is 31.9 Å². The van der Waals surface area contributed by atoms with Gasteiger partial charge in [0.15, 0.2) is 0 Å². The summed E-state index contributed by atoms with van der Waals surface area (Å²) in [5.74, 6) is -1.69. The molecular formula is C14H19FO4S. The van der Waals surface area contributed by atoms with E-state index in [1.165, 1.54) is 32.0 Å². The van der Waals surface area contributed by atoms with Crippen LogP contribution in [0.4, 0.5) is 4.39 Å². The van der Waals surface area contributed by atoms with Crippen LogP contribution in [-0.4, -0.2) is 31.0 Å². The summed E-state index contributed by atoms with van der Waals surface area (Å²) in [5.41, 5.74) is -0.550. The van der Waals surface area contributed by atoms with Gasteiger partial charge in [0.2, 0.25) is 0 Å². The zero-order valence-electron chi connectivity index (χ0n) is 11.8. The van der Waals surface area contributed by atoms with Crippen LogP contribution in [0, 0.1) is 5.82 Å². The van der Waals surface area contributed by atoms with E-state index in [4.69, 9.17) is 5.11 Å². The van der Waals surface area contributed by atoms with Crippen LogP contribution >= 0.6 is 0 Å². The molecule has 0 saturated carbocycles. The minimum atomic E-state index is -3.15. The summed E-state index contributed by atoms with van der Waals surface area (Å²) >= 11 is 0. The van der Waals surface area contributed by atoms with Gasteiger partial charge in [-0.15, -0.1) is 0 Å². The summed E-state index contributed by atoms with van der Waals surface area (Å²) in [6.45, 7) is 4.53. The largest absolute Gasteiger partial charge is 0.481 e. The van der Waals surface area contributed by atoms with Gasteiger partial charge < -0.3 is 5.11 Å². The fourth-order valence-corrected chi connectivity index (χ4v) is 2.49. The lowest BCUT2D eigenvalue weighted by molar-refractivity contribution is -0.142. The SMILES string of the molecule is CCS(=O)(=O)CCc1ccc(C(C)(C)C(=O)O)cc1F. The highest BCUT2D eigenvalue weighted by atomic mass is 32.2. The van der Waals surface area contributed by atoms with Crippen LogP contribution in [0.25, 0.3) is 0 Å². The first-order valence-corrected chi connectivity index (χ1v) is 8.15. The van der Waals surface area contributed by atoms with Crippen molar-refractivity contribution in [1.82, 2.24) is 0 Å². The minimum Gasteiger partial charge on any atom is -0.481 e. The summed E-state index contributed by atoms with van der Waals surface area (Å²) in [6.07, 6.45) is 0.0930. The molecule has 20 heavy (non-hydrogen) atoms. The molecule has 0 unspecified atom stereocenters. The Hall–Kier alpha value is -1.43. The Morgan fingerprint density at radius 2 is 1.95 bits per heavy atom. The lowest BCUT2D eigenvalue weighted by atomic mass is 9.84. The van der Waals surface area contributed by atoms with Crippen molar-refractivity contribution in [3.05, 3.63) is 35.1 Å². The molecule has 6 heteroatoms. The second-order valence-electron chi connectivity index (χ2n) is 5.22. The molecule has 1 aromatic rings. The van der Waals surface area contributed by atoms with Crippen LogP contribution in [-0.2, 0) is 26.5 Å². The zero-order chi connectivity index (χ0) is 15.6. The van der Waals surface area contributed by atoms with Gasteiger partial charge in [0.25, 0.3) is 0 Å². The van der Waals surface area contributed by atoms with E-state index in [-0.39, 0.29) is 23.5 Å². The van der Waals surface area contributed by atoms with E-state index in [0.717, 1.165) is 0 Å². The Bertz CT molecular complexity index is 606. The second-order valence-corrected chi connectivity index (χ2v) is 7.70. The molecule has 0 spiro atoms. The third kappa shape index (κ3) is 3.79. The fraction of sp³-hybridized carbons (Fsp3) is 0.500. The van der Waals surface area contributed by atoms with E-state index >= 15 is 0 Å². The zero-order valence-corrected chi connectivity index (χ0v) is 12.6. The Morgan fingerprint density at radius 1 is 1.35 bits per heavy atom. The quantitative estimate of drug-likeness (QED) is 0.874. The van der Waals surface area contributed by atoms with Gasteiger partial charge in [-0.2, -0.15) is 0 Å². The molecule has 0 radical (unpaired) electrons. The van der Waals surface area contributed by atoms with Crippen molar-refractivity contribution < 1.29 is 22.7 Å². The molecule has 1 N–H and O–H groups in total. The van der Waals surface area contributed by atoms with Crippen LogP contribution < -0.4 is 0 Å². The average Bonchev–Trinajstić information content (AvgIpc) is 2.37. The minimum absolute atomic E-state index is 0.0265. The maximum Gasteiger partial charge on any atom is 0.313 e. The van der Waals surface area contributed by atoms with Gasteiger partial charge in [-0.1, -0.05) is 19.1 Å². The van der Waals surface area contributed by atoms with E-state index in [1.54, 1.807) is 6.92 Å². The van der Waals surface area contributed by atoms with Crippen molar-refractivity contribution >= 4 is 15.8 Å². The van der Waals surface area contributed by atoms with Gasteiger partial charge in [-0.25, -0.2) is 12.8 Å². The number of hydrogen-bond acceptors (Lipinski definition) is 3. The van der Waals surface area contributed by atoms with Crippen molar-refractivity contribution in [2.24, 2.45) is 0 Å². The summed E-state index contributed by atoms with van der Waals surface area (Å²) in [5, 5.41) is 9.10. The smallest absolute Gasteiger partial charge is 0.313 e. The van der Waals surface area contributed by atoms with E-state index in [1.807, 2.05) is 0 Å². The lowest BCUT2D eigenvalue weighted by Crippen LogP contribution is -2.28. The number of rotatable bonds is 6.